The van der Waals surface area contributed by atoms with Crippen molar-refractivity contribution in [3.8, 4) is 5.75 Å². The molecule has 0 bridgehead atoms. The molecular weight excluding hydrogens is 314 g/mol. The van der Waals surface area contributed by atoms with Gasteiger partial charge in [-0.1, -0.05) is 12.1 Å². The number of carbonyl (C=O) groups excluding carboxylic acids is 1. The highest BCUT2D eigenvalue weighted by molar-refractivity contribution is 5.96. The summed E-state index contributed by atoms with van der Waals surface area (Å²) in [6, 6.07) is 5.58. The number of hydrogen-bond donors (Lipinski definition) is 6. The first-order chi connectivity index (χ1) is 10.9. The average Bonchev–Trinajstić information content (AvgIpc) is 2.54. The van der Waals surface area contributed by atoms with Crippen molar-refractivity contribution in [2.24, 2.45) is 0 Å². The number of carboxylic acid groups (broad SMARTS) is 1. The normalized spacial score (nSPS) is 30.5. The fourth-order valence-electron chi connectivity index (χ4n) is 2.09. The van der Waals surface area contributed by atoms with E-state index in [0.717, 1.165) is 0 Å². The highest BCUT2D eigenvalue weighted by Gasteiger charge is 2.48. The number of amides is 1. The maximum atomic E-state index is 11.5. The monoisotopic (exact) mass is 329 g/mol. The van der Waals surface area contributed by atoms with Gasteiger partial charge in [0.2, 0.25) is 6.29 Å². The minimum atomic E-state index is -1.85. The fraction of sp³-hybridized carbons (Fsp3) is 0.385. The first kappa shape index (κ1) is 17.1. The maximum Gasteiger partial charge on any atom is 0.335 e. The number of aliphatic hydroxyl groups is 3. The van der Waals surface area contributed by atoms with Crippen LogP contribution in [0.4, 0.5) is 0 Å². The zero-order chi connectivity index (χ0) is 17.1. The van der Waals surface area contributed by atoms with Crippen LogP contribution in [0.3, 0.4) is 0 Å². The number of para-hydroxylation sites is 1. The molecule has 0 aromatic heterocycles. The van der Waals surface area contributed by atoms with Crippen LogP contribution in [0.5, 0.6) is 5.75 Å². The van der Waals surface area contributed by atoms with Crippen LogP contribution in [0.2, 0.25) is 0 Å². The van der Waals surface area contributed by atoms with Crippen molar-refractivity contribution in [3.05, 3.63) is 29.8 Å². The van der Waals surface area contributed by atoms with Gasteiger partial charge in [-0.3, -0.25) is 10.0 Å². The van der Waals surface area contributed by atoms with Gasteiger partial charge in [0.05, 0.1) is 5.56 Å². The number of aliphatic hydroxyl groups excluding tert-OH is 3. The lowest BCUT2D eigenvalue weighted by Gasteiger charge is -2.38. The second-order valence-corrected chi connectivity index (χ2v) is 4.79. The molecule has 126 valence electrons. The maximum absolute atomic E-state index is 11.5. The molecule has 0 aliphatic carbocycles. The van der Waals surface area contributed by atoms with Gasteiger partial charge >= 0.3 is 5.97 Å². The molecule has 6 N–H and O–H groups in total. The third-order valence-corrected chi connectivity index (χ3v) is 3.29. The number of nitrogens with one attached hydrogen (secondary N) is 1. The van der Waals surface area contributed by atoms with Gasteiger partial charge in [-0.05, 0) is 12.1 Å². The zero-order valence-electron chi connectivity index (χ0n) is 11.6. The molecule has 5 atom stereocenters. The van der Waals surface area contributed by atoms with Crippen molar-refractivity contribution >= 4 is 11.9 Å². The standard InChI is InChI=1S/C13H15NO9/c15-7-8(16)10(12(19)20)23-13(9(7)17)22-6-4-2-1-3-5(6)11(18)14-21/h1-4,7-10,13,15-17,21H,(H,14,18)(H,19,20). The van der Waals surface area contributed by atoms with E-state index in [1.165, 1.54) is 29.7 Å². The van der Waals surface area contributed by atoms with E-state index >= 15 is 0 Å². The molecule has 0 radical (unpaired) electrons. The van der Waals surface area contributed by atoms with Crippen molar-refractivity contribution in [3.63, 3.8) is 0 Å². The summed E-state index contributed by atoms with van der Waals surface area (Å²) in [6.45, 7) is 0. The van der Waals surface area contributed by atoms with Crippen LogP contribution in [0.15, 0.2) is 24.3 Å². The summed E-state index contributed by atoms with van der Waals surface area (Å²) >= 11 is 0. The highest BCUT2D eigenvalue weighted by Crippen LogP contribution is 2.26. The van der Waals surface area contributed by atoms with Gasteiger partial charge in [-0.2, -0.15) is 0 Å². The van der Waals surface area contributed by atoms with Gasteiger partial charge in [-0.15, -0.1) is 0 Å². The summed E-state index contributed by atoms with van der Waals surface area (Å²) in [5.74, 6) is -2.59. The van der Waals surface area contributed by atoms with Crippen molar-refractivity contribution in [1.82, 2.24) is 5.48 Å². The smallest absolute Gasteiger partial charge is 0.335 e. The van der Waals surface area contributed by atoms with Crippen LogP contribution in [0.25, 0.3) is 0 Å². The van der Waals surface area contributed by atoms with E-state index in [4.69, 9.17) is 19.8 Å². The third-order valence-electron chi connectivity index (χ3n) is 3.29. The lowest BCUT2D eigenvalue weighted by molar-refractivity contribution is -0.271. The summed E-state index contributed by atoms with van der Waals surface area (Å²) in [4.78, 5) is 22.5. The lowest BCUT2D eigenvalue weighted by Crippen LogP contribution is -2.61. The van der Waals surface area contributed by atoms with Crippen LogP contribution in [0.1, 0.15) is 10.4 Å². The number of carbonyl (C=O) groups is 2. The number of hydroxylamine groups is 1. The molecule has 1 amide bonds. The van der Waals surface area contributed by atoms with Crippen LogP contribution < -0.4 is 10.2 Å². The molecule has 0 saturated carbocycles. The van der Waals surface area contributed by atoms with Crippen LogP contribution in [0, 0.1) is 0 Å². The van der Waals surface area contributed by atoms with E-state index in [9.17, 15) is 24.9 Å². The summed E-state index contributed by atoms with van der Waals surface area (Å²) in [7, 11) is 0. The summed E-state index contributed by atoms with van der Waals surface area (Å²) in [6.07, 6.45) is -8.91. The van der Waals surface area contributed by atoms with Gasteiger partial charge in [0.1, 0.15) is 24.1 Å². The molecule has 1 fully saturated rings. The predicted octanol–water partition coefficient (Wildman–Crippen LogP) is -1.92. The molecule has 1 aliphatic heterocycles. The topological polar surface area (TPSA) is 166 Å². The van der Waals surface area contributed by atoms with Gasteiger partial charge < -0.3 is 29.9 Å². The first-order valence-electron chi connectivity index (χ1n) is 6.49. The molecule has 1 saturated heterocycles. The third kappa shape index (κ3) is 3.41. The van der Waals surface area contributed by atoms with E-state index in [1.54, 1.807) is 0 Å². The molecule has 1 heterocycles. The number of ether oxygens (including phenoxy) is 2. The van der Waals surface area contributed by atoms with Crippen LogP contribution in [-0.2, 0) is 9.53 Å². The Morgan fingerprint density at radius 3 is 2.35 bits per heavy atom. The van der Waals surface area contributed by atoms with Gasteiger partial charge in [0.25, 0.3) is 5.91 Å². The number of carboxylic acids is 1. The predicted molar refractivity (Wildman–Crippen MR) is 70.6 cm³/mol. The summed E-state index contributed by atoms with van der Waals surface area (Å²) in [5.41, 5.74) is 1.29. The fourth-order valence-corrected chi connectivity index (χ4v) is 2.09. The zero-order valence-corrected chi connectivity index (χ0v) is 11.6. The Balaban J connectivity index is 2.25. The molecule has 10 heteroatoms. The molecule has 23 heavy (non-hydrogen) atoms. The minimum Gasteiger partial charge on any atom is -0.479 e. The van der Waals surface area contributed by atoms with E-state index in [1.807, 2.05) is 0 Å². The number of hydrogen-bond acceptors (Lipinski definition) is 8. The van der Waals surface area contributed by atoms with Gasteiger partial charge in [0.15, 0.2) is 6.10 Å². The Morgan fingerprint density at radius 2 is 1.74 bits per heavy atom. The quantitative estimate of drug-likeness (QED) is 0.272. The molecule has 1 aliphatic rings. The molecule has 1 aromatic rings. The average molecular weight is 329 g/mol. The Kier molecular flexibility index (Phi) is 5.13. The van der Waals surface area contributed by atoms with E-state index in [0.29, 0.717) is 0 Å². The molecule has 10 nitrogen and oxygen atoms in total. The summed E-state index contributed by atoms with van der Waals surface area (Å²) < 4.78 is 10.2. The van der Waals surface area contributed by atoms with Crippen molar-refractivity contribution in [2.75, 3.05) is 0 Å². The molecule has 2 rings (SSSR count). The second kappa shape index (κ2) is 6.89. The van der Waals surface area contributed by atoms with Gasteiger partial charge in [0, 0.05) is 0 Å². The Morgan fingerprint density at radius 1 is 1.09 bits per heavy atom. The molecule has 0 spiro atoms. The largest absolute Gasteiger partial charge is 0.479 e. The number of benzene rings is 1. The van der Waals surface area contributed by atoms with Crippen molar-refractivity contribution in [2.45, 2.75) is 30.7 Å². The molecular formula is C13H15NO9. The van der Waals surface area contributed by atoms with E-state index in [-0.39, 0.29) is 11.3 Å². The van der Waals surface area contributed by atoms with Gasteiger partial charge in [-0.25, -0.2) is 10.3 Å². The summed E-state index contributed by atoms with van der Waals surface area (Å²) in [5, 5.41) is 46.7. The SMILES string of the molecule is O=C(NO)c1ccccc1OC1OC(C(=O)O)C(O)C(O)C1O. The van der Waals surface area contributed by atoms with Crippen molar-refractivity contribution in [1.29, 1.82) is 0 Å². The Hall–Kier alpha value is -2.24. The van der Waals surface area contributed by atoms with E-state index in [2.05, 4.69) is 0 Å². The van der Waals surface area contributed by atoms with Crippen molar-refractivity contribution < 1.29 is 44.7 Å². The second-order valence-electron chi connectivity index (χ2n) is 4.79. The van der Waals surface area contributed by atoms with E-state index < -0.39 is 42.6 Å². The first-order valence-corrected chi connectivity index (χ1v) is 6.49. The lowest BCUT2D eigenvalue weighted by atomic mass is 9.99. The Bertz CT molecular complexity index is 593. The molecule has 5 unspecified atom stereocenters. The number of aliphatic carboxylic acids is 1. The number of rotatable bonds is 4. The minimum absolute atomic E-state index is 0.113. The highest BCUT2D eigenvalue weighted by atomic mass is 16.7. The Labute approximate surface area is 129 Å². The molecule has 1 aromatic carbocycles. The van der Waals surface area contributed by atoms with Crippen LogP contribution in [-0.4, -0.2) is 68.2 Å². The van der Waals surface area contributed by atoms with Crippen LogP contribution >= 0.6 is 0 Å².